The molecule has 0 N–H and O–H groups in total. The standard InChI is InChI=1S/C26H25NO6S/c1-4-33-26(29)23-22-20(11-8-12-21(22)32-3)25(28)27(24(23)18-9-6-5-7-10-18)34(30,31)19-15-13-17(2)14-16-19/h5-16,23-24H,4H2,1-3H3. The van der Waals surface area contributed by atoms with Crippen LogP contribution >= 0.6 is 0 Å². The quantitative estimate of drug-likeness (QED) is 0.492. The number of aryl methyl sites for hydroxylation is 1. The van der Waals surface area contributed by atoms with Gasteiger partial charge in [-0.2, -0.15) is 0 Å². The van der Waals surface area contributed by atoms with Crippen LogP contribution in [0, 0.1) is 6.92 Å². The molecule has 3 aromatic carbocycles. The van der Waals surface area contributed by atoms with Gasteiger partial charge in [0.1, 0.15) is 11.7 Å². The Morgan fingerprint density at radius 1 is 0.971 bits per heavy atom. The molecular formula is C26H25NO6S. The number of carbonyl (C=O) groups excluding carboxylic acids is 2. The molecule has 0 aromatic heterocycles. The van der Waals surface area contributed by atoms with Crippen LogP contribution in [0.3, 0.4) is 0 Å². The van der Waals surface area contributed by atoms with Gasteiger partial charge in [0, 0.05) is 11.1 Å². The molecule has 4 rings (SSSR count). The predicted octanol–water partition coefficient (Wildman–Crippen LogP) is 4.24. The van der Waals surface area contributed by atoms with Crippen LogP contribution in [-0.2, 0) is 19.6 Å². The Hall–Kier alpha value is -3.65. The average Bonchev–Trinajstić information content (AvgIpc) is 2.84. The van der Waals surface area contributed by atoms with Gasteiger partial charge in [-0.1, -0.05) is 54.1 Å². The topological polar surface area (TPSA) is 90.0 Å². The summed E-state index contributed by atoms with van der Waals surface area (Å²) >= 11 is 0. The average molecular weight is 480 g/mol. The number of esters is 1. The molecule has 0 spiro atoms. The first-order valence-corrected chi connectivity index (χ1v) is 12.3. The maximum absolute atomic E-state index is 13.9. The van der Waals surface area contributed by atoms with E-state index in [0.717, 1.165) is 9.87 Å². The summed E-state index contributed by atoms with van der Waals surface area (Å²) < 4.78 is 39.5. The van der Waals surface area contributed by atoms with E-state index in [1.165, 1.54) is 25.3 Å². The van der Waals surface area contributed by atoms with E-state index in [-0.39, 0.29) is 17.1 Å². The molecule has 1 heterocycles. The highest BCUT2D eigenvalue weighted by Crippen LogP contribution is 2.48. The van der Waals surface area contributed by atoms with Gasteiger partial charge in [-0.15, -0.1) is 0 Å². The minimum atomic E-state index is -4.33. The number of methoxy groups -OCH3 is 1. The number of rotatable bonds is 6. The van der Waals surface area contributed by atoms with Gasteiger partial charge in [-0.25, -0.2) is 12.7 Å². The first-order chi connectivity index (χ1) is 16.3. The van der Waals surface area contributed by atoms with Crippen molar-refractivity contribution in [3.8, 4) is 5.75 Å². The SMILES string of the molecule is CCOC(=O)C1c2c(OC)cccc2C(=O)N(S(=O)(=O)c2ccc(C)cc2)C1c1ccccc1. The van der Waals surface area contributed by atoms with Gasteiger partial charge < -0.3 is 9.47 Å². The van der Waals surface area contributed by atoms with Crippen molar-refractivity contribution >= 4 is 21.9 Å². The van der Waals surface area contributed by atoms with E-state index in [0.29, 0.717) is 16.9 Å². The van der Waals surface area contributed by atoms with Crippen LogP contribution in [0.25, 0.3) is 0 Å². The molecule has 7 nitrogen and oxygen atoms in total. The molecule has 0 fully saturated rings. The fourth-order valence-electron chi connectivity index (χ4n) is 4.31. The second kappa shape index (κ2) is 9.30. The maximum Gasteiger partial charge on any atom is 0.316 e. The molecule has 0 bridgehead atoms. The number of benzene rings is 3. The molecule has 1 amide bonds. The predicted molar refractivity (Wildman–Crippen MR) is 126 cm³/mol. The lowest BCUT2D eigenvalue weighted by Gasteiger charge is -2.40. The van der Waals surface area contributed by atoms with Crippen LogP contribution < -0.4 is 4.74 Å². The van der Waals surface area contributed by atoms with Gasteiger partial charge in [0.2, 0.25) is 0 Å². The number of ether oxygens (including phenoxy) is 2. The van der Waals surface area contributed by atoms with Crippen molar-refractivity contribution in [2.24, 2.45) is 0 Å². The van der Waals surface area contributed by atoms with E-state index in [4.69, 9.17) is 9.47 Å². The number of nitrogens with zero attached hydrogens (tertiary/aromatic N) is 1. The third kappa shape index (κ3) is 3.94. The van der Waals surface area contributed by atoms with E-state index >= 15 is 0 Å². The number of fused-ring (bicyclic) bond motifs is 1. The van der Waals surface area contributed by atoms with E-state index in [1.54, 1.807) is 61.5 Å². The third-order valence-electron chi connectivity index (χ3n) is 5.86. The molecule has 176 valence electrons. The number of sulfonamides is 1. The number of carbonyl (C=O) groups is 2. The van der Waals surface area contributed by atoms with Gasteiger partial charge in [-0.05, 0) is 43.7 Å². The summed E-state index contributed by atoms with van der Waals surface area (Å²) in [6.07, 6.45) is 0. The van der Waals surface area contributed by atoms with Crippen LogP contribution in [0.15, 0.2) is 77.7 Å². The normalized spacial score (nSPS) is 17.7. The summed E-state index contributed by atoms with van der Waals surface area (Å²) in [7, 11) is -2.89. The van der Waals surface area contributed by atoms with Crippen LogP contribution in [0.1, 0.15) is 45.9 Å². The highest BCUT2D eigenvalue weighted by molar-refractivity contribution is 7.89. The van der Waals surface area contributed by atoms with Gasteiger partial charge in [0.25, 0.3) is 15.9 Å². The Bertz CT molecular complexity index is 1320. The van der Waals surface area contributed by atoms with E-state index in [9.17, 15) is 18.0 Å². The summed E-state index contributed by atoms with van der Waals surface area (Å²) in [4.78, 5) is 27.1. The monoisotopic (exact) mass is 479 g/mol. The fourth-order valence-corrected chi connectivity index (χ4v) is 5.87. The van der Waals surface area contributed by atoms with Crippen LogP contribution in [-0.4, -0.2) is 38.3 Å². The molecule has 2 atom stereocenters. The van der Waals surface area contributed by atoms with Gasteiger partial charge in [0.05, 0.1) is 24.7 Å². The maximum atomic E-state index is 13.9. The molecular weight excluding hydrogens is 454 g/mol. The smallest absolute Gasteiger partial charge is 0.316 e. The number of hydrogen-bond acceptors (Lipinski definition) is 6. The Labute approximate surface area is 199 Å². The second-order valence-corrected chi connectivity index (χ2v) is 9.74. The highest BCUT2D eigenvalue weighted by atomic mass is 32.2. The largest absolute Gasteiger partial charge is 0.496 e. The molecule has 0 aliphatic carbocycles. The molecule has 1 aliphatic heterocycles. The van der Waals surface area contributed by atoms with Crippen molar-refractivity contribution in [3.05, 3.63) is 95.1 Å². The second-order valence-electron chi connectivity index (χ2n) is 7.93. The zero-order valence-corrected chi connectivity index (χ0v) is 19.9. The van der Waals surface area contributed by atoms with Crippen molar-refractivity contribution in [1.29, 1.82) is 0 Å². The molecule has 8 heteroatoms. The molecule has 0 saturated carbocycles. The van der Waals surface area contributed by atoms with Crippen molar-refractivity contribution in [2.75, 3.05) is 13.7 Å². The van der Waals surface area contributed by atoms with Gasteiger partial charge in [0.15, 0.2) is 0 Å². The third-order valence-corrected chi connectivity index (χ3v) is 7.63. The molecule has 2 unspecified atom stereocenters. The zero-order valence-electron chi connectivity index (χ0n) is 19.1. The van der Waals surface area contributed by atoms with Crippen molar-refractivity contribution in [3.63, 3.8) is 0 Å². The van der Waals surface area contributed by atoms with Crippen molar-refractivity contribution < 1.29 is 27.5 Å². The lowest BCUT2D eigenvalue weighted by atomic mass is 9.80. The Balaban J connectivity index is 2.04. The molecule has 0 saturated heterocycles. The Kier molecular flexibility index (Phi) is 6.43. The summed E-state index contributed by atoms with van der Waals surface area (Å²) in [5.74, 6) is -2.17. The first kappa shape index (κ1) is 23.5. The number of amides is 1. The van der Waals surface area contributed by atoms with E-state index < -0.39 is 33.9 Å². The minimum absolute atomic E-state index is 0.0404. The molecule has 34 heavy (non-hydrogen) atoms. The zero-order chi connectivity index (χ0) is 24.5. The van der Waals surface area contributed by atoms with Crippen LogP contribution in [0.2, 0.25) is 0 Å². The number of hydrogen-bond donors (Lipinski definition) is 0. The van der Waals surface area contributed by atoms with Crippen LogP contribution in [0.5, 0.6) is 5.75 Å². The lowest BCUT2D eigenvalue weighted by Crippen LogP contribution is -2.48. The lowest BCUT2D eigenvalue weighted by molar-refractivity contribution is -0.146. The minimum Gasteiger partial charge on any atom is -0.496 e. The fraction of sp³-hybridized carbons (Fsp3) is 0.231. The molecule has 0 radical (unpaired) electrons. The van der Waals surface area contributed by atoms with Crippen molar-refractivity contribution in [1.82, 2.24) is 4.31 Å². The summed E-state index contributed by atoms with van der Waals surface area (Å²) in [5.41, 5.74) is 1.77. The van der Waals surface area contributed by atoms with Gasteiger partial charge >= 0.3 is 5.97 Å². The first-order valence-electron chi connectivity index (χ1n) is 10.8. The van der Waals surface area contributed by atoms with Crippen molar-refractivity contribution in [2.45, 2.75) is 30.7 Å². The summed E-state index contributed by atoms with van der Waals surface area (Å²) in [6, 6.07) is 18.5. The van der Waals surface area contributed by atoms with E-state index in [2.05, 4.69) is 0 Å². The van der Waals surface area contributed by atoms with E-state index in [1.807, 2.05) is 6.92 Å². The Morgan fingerprint density at radius 3 is 2.26 bits per heavy atom. The molecule has 1 aliphatic rings. The highest BCUT2D eigenvalue weighted by Gasteiger charge is 2.51. The molecule has 3 aromatic rings. The summed E-state index contributed by atoms with van der Waals surface area (Å²) in [6.45, 7) is 3.61. The Morgan fingerprint density at radius 2 is 1.65 bits per heavy atom. The summed E-state index contributed by atoms with van der Waals surface area (Å²) in [5, 5.41) is 0. The van der Waals surface area contributed by atoms with Crippen LogP contribution in [0.4, 0.5) is 0 Å². The van der Waals surface area contributed by atoms with Gasteiger partial charge in [-0.3, -0.25) is 9.59 Å².